The number of para-hydroxylation sites is 1. The van der Waals surface area contributed by atoms with Gasteiger partial charge in [-0.1, -0.05) is 53.1 Å². The number of nitrogens with one attached hydrogen (secondary N) is 1. The fraction of sp³-hybridized carbons (Fsp3) is 0.333. The Balaban J connectivity index is 1.50. The minimum Gasteiger partial charge on any atom is -0.493 e. The van der Waals surface area contributed by atoms with Gasteiger partial charge in [-0.3, -0.25) is 9.59 Å². The molecule has 1 aliphatic rings. The minimum atomic E-state index is -0.398. The molecular formula is C15H16N4O3S3. The molecule has 0 unspecified atom stereocenters. The molecule has 0 bridgehead atoms. The molecule has 132 valence electrons. The molecule has 0 saturated heterocycles. The van der Waals surface area contributed by atoms with Gasteiger partial charge in [0.25, 0.3) is 0 Å². The van der Waals surface area contributed by atoms with Gasteiger partial charge in [0.15, 0.2) is 8.68 Å². The molecule has 2 heterocycles. The lowest BCUT2D eigenvalue weighted by Crippen LogP contribution is -2.33. The number of nitrogens with zero attached hydrogens (tertiary/aromatic N) is 2. The summed E-state index contributed by atoms with van der Waals surface area (Å²) in [5.41, 5.74) is 6.11. The lowest BCUT2D eigenvalue weighted by molar-refractivity contribution is -0.119. The quantitative estimate of drug-likeness (QED) is 0.688. The van der Waals surface area contributed by atoms with Gasteiger partial charge in [0.2, 0.25) is 11.8 Å². The summed E-state index contributed by atoms with van der Waals surface area (Å²) in [6, 6.07) is 7.71. The summed E-state index contributed by atoms with van der Waals surface area (Å²) in [4.78, 5) is 23.0. The smallest absolute Gasteiger partial charge is 0.230 e. The molecule has 0 radical (unpaired) electrons. The zero-order chi connectivity index (χ0) is 17.6. The van der Waals surface area contributed by atoms with Crippen LogP contribution in [0.15, 0.2) is 32.9 Å². The van der Waals surface area contributed by atoms with Crippen molar-refractivity contribution in [3.05, 3.63) is 29.8 Å². The number of ether oxygens (including phenoxy) is 1. The van der Waals surface area contributed by atoms with Crippen molar-refractivity contribution >= 4 is 46.7 Å². The number of aromatic nitrogens is 2. The fourth-order valence-electron chi connectivity index (χ4n) is 2.30. The van der Waals surface area contributed by atoms with Crippen molar-refractivity contribution in [3.63, 3.8) is 0 Å². The first kappa shape index (κ1) is 18.0. The Hall–Kier alpha value is -1.78. The molecule has 25 heavy (non-hydrogen) atoms. The van der Waals surface area contributed by atoms with Crippen LogP contribution in [0.5, 0.6) is 5.75 Å². The summed E-state index contributed by atoms with van der Waals surface area (Å²) in [5, 5.41) is 11.0. The van der Waals surface area contributed by atoms with Crippen molar-refractivity contribution in [1.82, 2.24) is 15.5 Å². The SMILES string of the molecule is NC(=O)CSc1nnc(SCC(=O)N[C@H]2CCOc3ccccc32)s1. The van der Waals surface area contributed by atoms with E-state index in [-0.39, 0.29) is 23.5 Å². The summed E-state index contributed by atoms with van der Waals surface area (Å²) in [7, 11) is 0. The van der Waals surface area contributed by atoms with Crippen LogP contribution >= 0.6 is 34.9 Å². The van der Waals surface area contributed by atoms with Crippen LogP contribution in [-0.4, -0.2) is 40.1 Å². The van der Waals surface area contributed by atoms with Crippen molar-refractivity contribution in [3.8, 4) is 5.75 Å². The summed E-state index contributed by atoms with van der Waals surface area (Å²) < 4.78 is 6.95. The zero-order valence-electron chi connectivity index (χ0n) is 13.1. The topological polar surface area (TPSA) is 107 Å². The van der Waals surface area contributed by atoms with Crippen LogP contribution in [0.2, 0.25) is 0 Å². The molecule has 10 heteroatoms. The Labute approximate surface area is 157 Å². The van der Waals surface area contributed by atoms with Crippen LogP contribution in [0.3, 0.4) is 0 Å². The number of hydrogen-bond acceptors (Lipinski definition) is 8. The highest BCUT2D eigenvalue weighted by Crippen LogP contribution is 2.32. The monoisotopic (exact) mass is 396 g/mol. The van der Waals surface area contributed by atoms with Crippen molar-refractivity contribution in [2.75, 3.05) is 18.1 Å². The molecule has 3 N–H and O–H groups in total. The Morgan fingerprint density at radius 3 is 2.72 bits per heavy atom. The summed E-state index contributed by atoms with van der Waals surface area (Å²) in [5.74, 6) is 0.795. The third-order valence-electron chi connectivity index (χ3n) is 3.35. The van der Waals surface area contributed by atoms with Gasteiger partial charge in [-0.25, -0.2) is 0 Å². The van der Waals surface area contributed by atoms with Crippen molar-refractivity contribution in [1.29, 1.82) is 0 Å². The highest BCUT2D eigenvalue weighted by atomic mass is 32.2. The minimum absolute atomic E-state index is 0.0332. The molecular weight excluding hydrogens is 380 g/mol. The number of carbonyl (C=O) groups excluding carboxylic acids is 2. The van der Waals surface area contributed by atoms with Gasteiger partial charge in [0, 0.05) is 12.0 Å². The van der Waals surface area contributed by atoms with Gasteiger partial charge >= 0.3 is 0 Å². The molecule has 2 aromatic rings. The molecule has 1 aromatic heterocycles. The molecule has 7 nitrogen and oxygen atoms in total. The van der Waals surface area contributed by atoms with E-state index in [1.165, 1.54) is 34.9 Å². The van der Waals surface area contributed by atoms with Gasteiger partial charge in [0.1, 0.15) is 5.75 Å². The van der Waals surface area contributed by atoms with Crippen molar-refractivity contribution in [2.45, 2.75) is 21.1 Å². The maximum atomic E-state index is 12.2. The molecule has 1 aromatic carbocycles. The molecule has 0 fully saturated rings. The number of nitrogens with two attached hydrogens (primary N) is 1. The van der Waals surface area contributed by atoms with Gasteiger partial charge < -0.3 is 15.8 Å². The van der Waals surface area contributed by atoms with Crippen LogP contribution in [0.4, 0.5) is 0 Å². The number of rotatable bonds is 7. The summed E-state index contributed by atoms with van der Waals surface area (Å²) >= 11 is 3.92. The van der Waals surface area contributed by atoms with E-state index in [4.69, 9.17) is 10.5 Å². The number of hydrogen-bond donors (Lipinski definition) is 2. The molecule has 1 atom stereocenters. The molecule has 0 spiro atoms. The maximum absolute atomic E-state index is 12.2. The molecule has 0 aliphatic carbocycles. The predicted octanol–water partition coefficient (Wildman–Crippen LogP) is 1.85. The fourth-order valence-corrected chi connectivity index (χ4v) is 4.87. The van der Waals surface area contributed by atoms with Crippen molar-refractivity contribution < 1.29 is 14.3 Å². The number of fused-ring (bicyclic) bond motifs is 1. The predicted molar refractivity (Wildman–Crippen MR) is 98.0 cm³/mol. The Kier molecular flexibility index (Phi) is 6.16. The Morgan fingerprint density at radius 2 is 1.96 bits per heavy atom. The van der Waals surface area contributed by atoms with Crippen molar-refractivity contribution in [2.24, 2.45) is 5.73 Å². The molecule has 0 saturated carbocycles. The Bertz CT molecular complexity index is 768. The Morgan fingerprint density at radius 1 is 1.24 bits per heavy atom. The molecule has 2 amide bonds. The van der Waals surface area contributed by atoms with E-state index in [1.807, 2.05) is 24.3 Å². The first-order valence-corrected chi connectivity index (χ1v) is 10.3. The van der Waals surface area contributed by atoms with E-state index in [0.717, 1.165) is 17.7 Å². The van der Waals surface area contributed by atoms with E-state index in [1.54, 1.807) is 0 Å². The highest BCUT2D eigenvalue weighted by molar-refractivity contribution is 8.03. The zero-order valence-corrected chi connectivity index (χ0v) is 15.6. The van der Waals surface area contributed by atoms with Gasteiger partial charge in [0.05, 0.1) is 24.2 Å². The second kappa shape index (κ2) is 8.54. The van der Waals surface area contributed by atoms with Crippen LogP contribution in [0, 0.1) is 0 Å². The lowest BCUT2D eigenvalue weighted by Gasteiger charge is -2.26. The summed E-state index contributed by atoms with van der Waals surface area (Å²) in [6.45, 7) is 0.589. The second-order valence-corrected chi connectivity index (χ2v) is 8.60. The first-order chi connectivity index (χ1) is 12.1. The standard InChI is InChI=1S/C15H16N4O3S3/c16-12(20)7-23-14-18-19-15(25-14)24-8-13(21)17-10-5-6-22-11-4-2-1-3-9(10)11/h1-4,10H,5-8H2,(H2,16,20)(H,17,21)/t10-/m0/s1. The normalized spacial score (nSPS) is 15.9. The van der Waals surface area contributed by atoms with Crippen LogP contribution in [0.25, 0.3) is 0 Å². The van der Waals surface area contributed by atoms with E-state index in [9.17, 15) is 9.59 Å². The third-order valence-corrected chi connectivity index (χ3v) is 6.56. The number of amides is 2. The number of thioether (sulfide) groups is 2. The van der Waals surface area contributed by atoms with Gasteiger partial charge in [-0.2, -0.15) is 0 Å². The maximum Gasteiger partial charge on any atom is 0.230 e. The third kappa shape index (κ3) is 5.10. The summed E-state index contributed by atoms with van der Waals surface area (Å²) in [6.07, 6.45) is 0.750. The first-order valence-electron chi connectivity index (χ1n) is 7.50. The van der Waals surface area contributed by atoms with E-state index < -0.39 is 5.91 Å². The van der Waals surface area contributed by atoms with Crippen LogP contribution in [-0.2, 0) is 9.59 Å². The van der Waals surface area contributed by atoms with E-state index >= 15 is 0 Å². The molecule has 3 rings (SSSR count). The number of benzene rings is 1. The second-order valence-electron chi connectivity index (χ2n) is 5.17. The number of primary amides is 1. The number of carbonyl (C=O) groups is 2. The highest BCUT2D eigenvalue weighted by Gasteiger charge is 2.22. The average molecular weight is 397 g/mol. The van der Waals surface area contributed by atoms with Gasteiger partial charge in [-0.15, -0.1) is 10.2 Å². The van der Waals surface area contributed by atoms with Crippen LogP contribution in [0.1, 0.15) is 18.0 Å². The van der Waals surface area contributed by atoms with E-state index in [0.29, 0.717) is 15.3 Å². The lowest BCUT2D eigenvalue weighted by atomic mass is 10.0. The molecule has 1 aliphatic heterocycles. The van der Waals surface area contributed by atoms with E-state index in [2.05, 4.69) is 15.5 Å². The van der Waals surface area contributed by atoms with Crippen LogP contribution < -0.4 is 15.8 Å². The van der Waals surface area contributed by atoms with Gasteiger partial charge in [-0.05, 0) is 6.07 Å². The average Bonchev–Trinajstić information content (AvgIpc) is 3.06. The largest absolute Gasteiger partial charge is 0.493 e.